The van der Waals surface area contributed by atoms with Crippen molar-refractivity contribution in [3.05, 3.63) is 0 Å². The first-order chi connectivity index (χ1) is 5.99. The SMILES string of the molecule is O=C1CCCCCN1CC(F)(F)F. The molecule has 0 unspecified atom stereocenters. The van der Waals surface area contributed by atoms with Gasteiger partial charge in [-0.2, -0.15) is 13.2 Å². The predicted molar refractivity (Wildman–Crippen MR) is 41.1 cm³/mol. The van der Waals surface area contributed by atoms with Crippen molar-refractivity contribution < 1.29 is 18.0 Å². The van der Waals surface area contributed by atoms with Gasteiger partial charge in [-0.15, -0.1) is 0 Å². The maximum Gasteiger partial charge on any atom is 0.406 e. The monoisotopic (exact) mass is 195 g/mol. The molecule has 1 rings (SSSR count). The van der Waals surface area contributed by atoms with Gasteiger partial charge in [0, 0.05) is 13.0 Å². The Labute approximate surface area is 74.7 Å². The number of alkyl halides is 3. The maximum atomic E-state index is 12.0. The number of nitrogens with zero attached hydrogens (tertiary/aromatic N) is 1. The van der Waals surface area contributed by atoms with Gasteiger partial charge in [0.15, 0.2) is 0 Å². The Bertz CT molecular complexity index is 190. The first-order valence-electron chi connectivity index (χ1n) is 4.33. The Kier molecular flexibility index (Phi) is 3.17. The summed E-state index contributed by atoms with van der Waals surface area (Å²) in [5.74, 6) is -0.366. The zero-order valence-corrected chi connectivity index (χ0v) is 7.23. The van der Waals surface area contributed by atoms with Gasteiger partial charge in [0.2, 0.25) is 5.91 Å². The highest BCUT2D eigenvalue weighted by molar-refractivity contribution is 5.76. The van der Waals surface area contributed by atoms with Gasteiger partial charge in [-0.3, -0.25) is 4.79 Å². The second-order valence-corrected chi connectivity index (χ2v) is 3.24. The van der Waals surface area contributed by atoms with E-state index in [2.05, 4.69) is 0 Å². The zero-order chi connectivity index (χ0) is 9.90. The Morgan fingerprint density at radius 2 is 1.92 bits per heavy atom. The number of rotatable bonds is 1. The lowest BCUT2D eigenvalue weighted by molar-refractivity contribution is -0.160. The highest BCUT2D eigenvalue weighted by Gasteiger charge is 2.33. The molecule has 0 aromatic heterocycles. The van der Waals surface area contributed by atoms with Crippen LogP contribution in [0.3, 0.4) is 0 Å². The van der Waals surface area contributed by atoms with Crippen LogP contribution in [0.2, 0.25) is 0 Å². The minimum atomic E-state index is -4.26. The Morgan fingerprint density at radius 1 is 1.23 bits per heavy atom. The molecule has 5 heteroatoms. The van der Waals surface area contributed by atoms with E-state index in [1.807, 2.05) is 0 Å². The number of amides is 1. The summed E-state index contributed by atoms with van der Waals surface area (Å²) in [6.45, 7) is -0.843. The fourth-order valence-electron chi connectivity index (χ4n) is 1.42. The zero-order valence-electron chi connectivity index (χ0n) is 7.23. The van der Waals surface area contributed by atoms with E-state index in [4.69, 9.17) is 0 Å². The van der Waals surface area contributed by atoms with Crippen molar-refractivity contribution in [1.29, 1.82) is 0 Å². The van der Waals surface area contributed by atoms with Gasteiger partial charge in [-0.1, -0.05) is 6.42 Å². The summed E-state index contributed by atoms with van der Waals surface area (Å²) in [7, 11) is 0. The summed E-state index contributed by atoms with van der Waals surface area (Å²) in [4.78, 5) is 12.0. The largest absolute Gasteiger partial charge is 0.406 e. The first-order valence-corrected chi connectivity index (χ1v) is 4.33. The van der Waals surface area contributed by atoms with E-state index in [1.165, 1.54) is 0 Å². The molecule has 1 fully saturated rings. The molecule has 0 aromatic rings. The van der Waals surface area contributed by atoms with Crippen molar-refractivity contribution in [3.8, 4) is 0 Å². The molecule has 0 saturated carbocycles. The topological polar surface area (TPSA) is 20.3 Å². The predicted octanol–water partition coefficient (Wildman–Crippen LogP) is 1.95. The highest BCUT2D eigenvalue weighted by atomic mass is 19.4. The van der Waals surface area contributed by atoms with Crippen LogP contribution in [0.15, 0.2) is 0 Å². The standard InChI is InChI=1S/C8H12F3NO/c9-8(10,11)6-12-5-3-1-2-4-7(12)13/h1-6H2. The van der Waals surface area contributed by atoms with E-state index >= 15 is 0 Å². The van der Waals surface area contributed by atoms with Crippen molar-refractivity contribution in [2.24, 2.45) is 0 Å². The fraction of sp³-hybridized carbons (Fsp3) is 0.875. The van der Waals surface area contributed by atoms with Crippen LogP contribution in [0.4, 0.5) is 13.2 Å². The molecule has 76 valence electrons. The van der Waals surface area contributed by atoms with Gasteiger partial charge in [0.25, 0.3) is 0 Å². The van der Waals surface area contributed by atoms with Gasteiger partial charge >= 0.3 is 6.18 Å². The number of carbonyl (C=O) groups is 1. The summed E-state index contributed by atoms with van der Waals surface area (Å²) < 4.78 is 35.9. The third-order valence-electron chi connectivity index (χ3n) is 2.04. The molecule has 0 spiro atoms. The van der Waals surface area contributed by atoms with E-state index in [0.717, 1.165) is 11.3 Å². The summed E-state index contributed by atoms with van der Waals surface area (Å²) in [5.41, 5.74) is 0. The molecule has 1 amide bonds. The minimum Gasteiger partial charge on any atom is -0.334 e. The van der Waals surface area contributed by atoms with Crippen LogP contribution >= 0.6 is 0 Å². The van der Waals surface area contributed by atoms with Crippen LogP contribution in [0.1, 0.15) is 25.7 Å². The molecule has 1 aliphatic rings. The van der Waals surface area contributed by atoms with Gasteiger partial charge in [-0.25, -0.2) is 0 Å². The van der Waals surface area contributed by atoms with Gasteiger partial charge in [0.1, 0.15) is 6.54 Å². The summed E-state index contributed by atoms with van der Waals surface area (Å²) >= 11 is 0. The maximum absolute atomic E-state index is 12.0. The molecule has 2 nitrogen and oxygen atoms in total. The highest BCUT2D eigenvalue weighted by Crippen LogP contribution is 2.19. The first kappa shape index (κ1) is 10.3. The average Bonchev–Trinajstić information content (AvgIpc) is 2.14. The Balaban J connectivity index is 2.50. The number of likely N-dealkylation sites (tertiary alicyclic amines) is 1. The molecule has 0 aromatic carbocycles. The summed E-state index contributed by atoms with van der Waals surface area (Å²) in [6, 6.07) is 0. The second kappa shape index (κ2) is 3.98. The summed E-state index contributed by atoms with van der Waals surface area (Å²) in [5, 5.41) is 0. The third kappa shape index (κ3) is 3.65. The van der Waals surface area contributed by atoms with Crippen molar-refractivity contribution >= 4 is 5.91 Å². The molecule has 1 heterocycles. The van der Waals surface area contributed by atoms with E-state index < -0.39 is 12.7 Å². The molecular weight excluding hydrogens is 183 g/mol. The number of hydrogen-bond donors (Lipinski definition) is 0. The second-order valence-electron chi connectivity index (χ2n) is 3.24. The van der Waals surface area contributed by atoms with E-state index in [1.54, 1.807) is 0 Å². The average molecular weight is 195 g/mol. The van der Waals surface area contributed by atoms with Crippen LogP contribution in [0, 0.1) is 0 Å². The lowest BCUT2D eigenvalue weighted by Gasteiger charge is -2.21. The van der Waals surface area contributed by atoms with Crippen LogP contribution in [-0.2, 0) is 4.79 Å². The molecule has 13 heavy (non-hydrogen) atoms. The minimum absolute atomic E-state index is 0.248. The molecule has 0 radical (unpaired) electrons. The molecule has 0 bridgehead atoms. The Hall–Kier alpha value is -0.740. The van der Waals surface area contributed by atoms with Crippen molar-refractivity contribution in [1.82, 2.24) is 4.90 Å². The van der Waals surface area contributed by atoms with E-state index in [0.29, 0.717) is 12.8 Å². The van der Waals surface area contributed by atoms with Crippen molar-refractivity contribution in [2.45, 2.75) is 31.9 Å². The lowest BCUT2D eigenvalue weighted by Crippen LogP contribution is -2.38. The van der Waals surface area contributed by atoms with Crippen LogP contribution < -0.4 is 0 Å². The normalized spacial score (nSPS) is 20.2. The number of halogens is 3. The fourth-order valence-corrected chi connectivity index (χ4v) is 1.42. The molecule has 1 aliphatic heterocycles. The lowest BCUT2D eigenvalue weighted by atomic mass is 10.2. The summed E-state index contributed by atoms with van der Waals surface area (Å²) in [6.07, 6.45) is -1.76. The third-order valence-corrected chi connectivity index (χ3v) is 2.04. The smallest absolute Gasteiger partial charge is 0.334 e. The molecule has 0 aliphatic carbocycles. The quantitative estimate of drug-likeness (QED) is 0.626. The van der Waals surface area contributed by atoms with Crippen LogP contribution in [0.25, 0.3) is 0 Å². The van der Waals surface area contributed by atoms with E-state index in [9.17, 15) is 18.0 Å². The molecule has 0 atom stereocenters. The van der Waals surface area contributed by atoms with E-state index in [-0.39, 0.29) is 18.9 Å². The molecule has 1 saturated heterocycles. The molecular formula is C8H12F3NO. The molecule has 0 N–H and O–H groups in total. The van der Waals surface area contributed by atoms with Crippen molar-refractivity contribution in [2.75, 3.05) is 13.1 Å². The van der Waals surface area contributed by atoms with Gasteiger partial charge in [0.05, 0.1) is 0 Å². The van der Waals surface area contributed by atoms with Crippen molar-refractivity contribution in [3.63, 3.8) is 0 Å². The van der Waals surface area contributed by atoms with Crippen LogP contribution in [0.5, 0.6) is 0 Å². The van der Waals surface area contributed by atoms with Crippen LogP contribution in [-0.4, -0.2) is 30.1 Å². The van der Waals surface area contributed by atoms with Gasteiger partial charge < -0.3 is 4.90 Å². The Morgan fingerprint density at radius 3 is 2.54 bits per heavy atom. The number of hydrogen-bond acceptors (Lipinski definition) is 1. The number of carbonyl (C=O) groups excluding carboxylic acids is 1. The van der Waals surface area contributed by atoms with Gasteiger partial charge in [-0.05, 0) is 12.8 Å².